The highest BCUT2D eigenvalue weighted by Gasteiger charge is 2.53. The first-order valence-corrected chi connectivity index (χ1v) is 14.8. The molecule has 8 heteroatoms. The molecule has 0 bridgehead atoms. The van der Waals surface area contributed by atoms with Crippen LogP contribution in [0.1, 0.15) is 62.6 Å². The topological polar surface area (TPSA) is 87.6 Å². The molecule has 4 fully saturated rings. The van der Waals surface area contributed by atoms with Crippen LogP contribution in [0.15, 0.2) is 72.8 Å². The summed E-state index contributed by atoms with van der Waals surface area (Å²) < 4.78 is 0. The fourth-order valence-corrected chi connectivity index (χ4v) is 7.24. The van der Waals surface area contributed by atoms with Crippen LogP contribution in [0.5, 0.6) is 0 Å². The molecular formula is C34H37N4O4-. The Balaban J connectivity index is 1.41. The highest BCUT2D eigenvalue weighted by Crippen LogP contribution is 2.47. The maximum absolute atomic E-state index is 13.9. The zero-order chi connectivity index (χ0) is 29.3. The molecule has 4 aliphatic heterocycles. The Morgan fingerprint density at radius 3 is 1.48 bits per heavy atom. The molecule has 3 aromatic rings. The van der Waals surface area contributed by atoms with Crippen LogP contribution in [-0.2, 0) is 15.0 Å². The van der Waals surface area contributed by atoms with Crippen LogP contribution in [0.2, 0.25) is 0 Å². The van der Waals surface area contributed by atoms with E-state index in [1.807, 2.05) is 70.5 Å². The van der Waals surface area contributed by atoms with E-state index in [0.717, 1.165) is 28.1 Å². The number of amides is 2. The van der Waals surface area contributed by atoms with Crippen LogP contribution in [0.4, 0.5) is 11.4 Å². The maximum Gasteiger partial charge on any atom is 0.246 e. The van der Waals surface area contributed by atoms with Crippen molar-refractivity contribution in [3.8, 4) is 0 Å². The predicted molar refractivity (Wildman–Crippen MR) is 160 cm³/mol. The average molecular weight is 566 g/mol. The van der Waals surface area contributed by atoms with Gasteiger partial charge in [0.25, 0.3) is 0 Å². The molecule has 0 aliphatic carbocycles. The number of aliphatic hydroxyl groups is 2. The highest BCUT2D eigenvalue weighted by molar-refractivity contribution is 6.01. The van der Waals surface area contributed by atoms with E-state index in [9.17, 15) is 19.8 Å². The lowest BCUT2D eigenvalue weighted by atomic mass is 9.84. The van der Waals surface area contributed by atoms with E-state index >= 15 is 0 Å². The van der Waals surface area contributed by atoms with Crippen molar-refractivity contribution in [3.05, 3.63) is 95.6 Å². The zero-order valence-electron chi connectivity index (χ0n) is 24.2. The summed E-state index contributed by atoms with van der Waals surface area (Å²) in [7, 11) is 0. The summed E-state index contributed by atoms with van der Waals surface area (Å²) in [5.74, 6) is -0.0490. The molecule has 4 aliphatic rings. The van der Waals surface area contributed by atoms with Gasteiger partial charge in [0, 0.05) is 24.5 Å². The first-order chi connectivity index (χ1) is 20.1. The van der Waals surface area contributed by atoms with Crippen molar-refractivity contribution in [1.29, 1.82) is 0 Å². The quantitative estimate of drug-likeness (QED) is 0.469. The van der Waals surface area contributed by atoms with Crippen molar-refractivity contribution in [1.82, 2.24) is 9.80 Å². The minimum Gasteiger partial charge on any atom is -0.392 e. The number of rotatable bonds is 4. The number of aliphatic hydroxyl groups excluding tert-OH is 2. The van der Waals surface area contributed by atoms with Crippen LogP contribution < -0.4 is 9.80 Å². The van der Waals surface area contributed by atoms with Crippen LogP contribution in [-0.4, -0.2) is 69.2 Å². The summed E-state index contributed by atoms with van der Waals surface area (Å²) in [5, 5.41) is 21.2. The smallest absolute Gasteiger partial charge is 0.246 e. The maximum atomic E-state index is 13.9. The fourth-order valence-electron chi connectivity index (χ4n) is 7.24. The molecule has 7 rings (SSSR count). The van der Waals surface area contributed by atoms with E-state index in [2.05, 4.69) is 48.8 Å². The van der Waals surface area contributed by atoms with E-state index in [0.29, 0.717) is 25.9 Å². The number of carbonyl (C=O) groups is 2. The SMILES string of the molecule is CC(C)(C)c1cc([C@H]2N(c3ccccc3)C(=O)[C@@H]3C[C@@H](O)CN32)[c-]c([C@H]2N(c3ccccc3)C(=O)[C@@H]3C[C@@H](O)CN32)c1. The second-order valence-electron chi connectivity index (χ2n) is 13.1. The van der Waals surface area contributed by atoms with Crippen molar-refractivity contribution in [3.63, 3.8) is 0 Å². The molecule has 218 valence electrons. The lowest BCUT2D eigenvalue weighted by Crippen LogP contribution is -2.36. The molecule has 0 radical (unpaired) electrons. The third-order valence-corrected chi connectivity index (χ3v) is 9.20. The monoisotopic (exact) mass is 565 g/mol. The van der Waals surface area contributed by atoms with Crippen molar-refractivity contribution in [2.45, 2.75) is 75.7 Å². The van der Waals surface area contributed by atoms with E-state index < -0.39 is 36.6 Å². The van der Waals surface area contributed by atoms with Gasteiger partial charge in [0.15, 0.2) is 0 Å². The number of para-hydroxylation sites is 2. The van der Waals surface area contributed by atoms with E-state index in [4.69, 9.17) is 0 Å². The fraction of sp³-hybridized carbons (Fsp3) is 0.412. The van der Waals surface area contributed by atoms with E-state index in [1.165, 1.54) is 0 Å². The number of benzene rings is 3. The lowest BCUT2D eigenvalue weighted by Gasteiger charge is -2.39. The van der Waals surface area contributed by atoms with Crippen molar-refractivity contribution in [2.24, 2.45) is 0 Å². The molecule has 4 heterocycles. The van der Waals surface area contributed by atoms with Crippen LogP contribution >= 0.6 is 0 Å². The van der Waals surface area contributed by atoms with Gasteiger partial charge in [-0.3, -0.25) is 29.2 Å². The van der Waals surface area contributed by atoms with Gasteiger partial charge in [-0.15, -0.1) is 11.1 Å². The third kappa shape index (κ3) is 4.36. The van der Waals surface area contributed by atoms with Gasteiger partial charge in [0.05, 0.1) is 36.6 Å². The van der Waals surface area contributed by atoms with Crippen LogP contribution in [0, 0.1) is 6.07 Å². The number of fused-ring (bicyclic) bond motifs is 2. The Bertz CT molecular complexity index is 1400. The molecule has 6 atom stereocenters. The summed E-state index contributed by atoms with van der Waals surface area (Å²) in [5.41, 5.74) is 4.10. The van der Waals surface area contributed by atoms with Gasteiger partial charge < -0.3 is 10.2 Å². The highest BCUT2D eigenvalue weighted by atomic mass is 16.3. The summed E-state index contributed by atoms with van der Waals surface area (Å²) in [4.78, 5) is 35.6. The number of hydrogen-bond acceptors (Lipinski definition) is 6. The van der Waals surface area contributed by atoms with Gasteiger partial charge in [-0.05, 0) is 42.5 Å². The van der Waals surface area contributed by atoms with Crippen molar-refractivity contribution in [2.75, 3.05) is 22.9 Å². The van der Waals surface area contributed by atoms with Gasteiger partial charge in [-0.2, -0.15) is 23.8 Å². The second kappa shape index (κ2) is 10.0. The summed E-state index contributed by atoms with van der Waals surface area (Å²) in [6.45, 7) is 7.26. The van der Waals surface area contributed by atoms with Gasteiger partial charge in [0.2, 0.25) is 11.8 Å². The van der Waals surface area contributed by atoms with Crippen molar-refractivity contribution >= 4 is 23.2 Å². The molecule has 2 N–H and O–H groups in total. The molecule has 0 spiro atoms. The van der Waals surface area contributed by atoms with Crippen molar-refractivity contribution < 1.29 is 19.8 Å². The Hall–Kier alpha value is -3.56. The second-order valence-corrected chi connectivity index (χ2v) is 13.1. The summed E-state index contributed by atoms with van der Waals surface area (Å²) >= 11 is 0. The zero-order valence-corrected chi connectivity index (χ0v) is 24.2. The lowest BCUT2D eigenvalue weighted by molar-refractivity contribution is -0.120. The minimum atomic E-state index is -0.572. The number of carbonyl (C=O) groups excluding carboxylic acids is 2. The molecule has 0 saturated carbocycles. The summed E-state index contributed by atoms with van der Waals surface area (Å²) in [6, 6.07) is 26.5. The first-order valence-electron chi connectivity index (χ1n) is 14.8. The Labute approximate surface area is 246 Å². The molecule has 8 nitrogen and oxygen atoms in total. The van der Waals surface area contributed by atoms with Gasteiger partial charge >= 0.3 is 0 Å². The van der Waals surface area contributed by atoms with Crippen LogP contribution in [0.25, 0.3) is 0 Å². The largest absolute Gasteiger partial charge is 0.392 e. The molecule has 3 aromatic carbocycles. The Morgan fingerprint density at radius 1 is 0.690 bits per heavy atom. The Morgan fingerprint density at radius 2 is 1.10 bits per heavy atom. The third-order valence-electron chi connectivity index (χ3n) is 9.20. The molecule has 0 unspecified atom stereocenters. The summed E-state index contributed by atoms with van der Waals surface area (Å²) in [6.07, 6.45) is -1.25. The van der Waals surface area contributed by atoms with E-state index in [1.54, 1.807) is 0 Å². The number of hydrogen-bond donors (Lipinski definition) is 2. The van der Waals surface area contributed by atoms with Gasteiger partial charge in [0.1, 0.15) is 0 Å². The number of nitrogens with zero attached hydrogens (tertiary/aromatic N) is 4. The van der Waals surface area contributed by atoms with Gasteiger partial charge in [-0.1, -0.05) is 57.2 Å². The molecule has 4 saturated heterocycles. The van der Waals surface area contributed by atoms with Crippen LogP contribution in [0.3, 0.4) is 0 Å². The molecule has 2 amide bonds. The standard InChI is InChI=1S/C34H37N4O4/c1-34(2,3)23-15-21(30-35-19-26(39)17-28(35)32(41)37(30)24-10-6-4-7-11-24)14-22(16-23)31-36-20-27(40)18-29(36)33(42)38(31)25-12-8-5-9-13-25/h4-13,15-16,26-31,39-40H,17-20H2,1-3H3/q-1/t26-,27-,28+,29+,30-,31-/m1/s1. The van der Waals surface area contributed by atoms with E-state index in [-0.39, 0.29) is 17.2 Å². The predicted octanol–water partition coefficient (Wildman–Crippen LogP) is 3.75. The molecular weight excluding hydrogens is 528 g/mol. The first kappa shape index (κ1) is 27.3. The normalized spacial score (nSPS) is 29.9. The Kier molecular flexibility index (Phi) is 6.51. The number of anilines is 2. The molecule has 42 heavy (non-hydrogen) atoms. The average Bonchev–Trinajstić information content (AvgIpc) is 3.68. The molecule has 0 aromatic heterocycles. The minimum absolute atomic E-state index is 0.0245. The van der Waals surface area contributed by atoms with Gasteiger partial charge in [-0.25, -0.2) is 0 Å².